The van der Waals surface area contributed by atoms with Crippen LogP contribution in [0.3, 0.4) is 0 Å². The lowest BCUT2D eigenvalue weighted by Gasteiger charge is -2.43. The number of halogens is 3. The zero-order chi connectivity index (χ0) is 21.7. The molecular weight excluding hydrogens is 393 g/mol. The van der Waals surface area contributed by atoms with Gasteiger partial charge in [0.2, 0.25) is 5.91 Å². The number of rotatable bonds is 2. The molecule has 4 nitrogen and oxygen atoms in total. The van der Waals surface area contributed by atoms with Crippen molar-refractivity contribution in [2.24, 2.45) is 5.41 Å². The van der Waals surface area contributed by atoms with Crippen molar-refractivity contribution >= 4 is 17.4 Å². The number of amides is 1. The second kappa shape index (κ2) is 7.07. The first-order valence-electron chi connectivity index (χ1n) is 9.74. The summed E-state index contributed by atoms with van der Waals surface area (Å²) in [6.07, 6.45) is -0.876. The summed E-state index contributed by atoms with van der Waals surface area (Å²) in [5.74, 6) is -1.08. The first-order chi connectivity index (χ1) is 14.1. The van der Waals surface area contributed by atoms with Gasteiger partial charge in [-0.2, -0.15) is 13.2 Å². The molecule has 1 atom stereocenters. The van der Waals surface area contributed by atoms with Crippen molar-refractivity contribution in [3.8, 4) is 0 Å². The number of nitrogens with zero attached hydrogens (tertiary/aromatic N) is 2. The second-order valence-corrected chi connectivity index (χ2v) is 8.59. The van der Waals surface area contributed by atoms with Gasteiger partial charge in [-0.3, -0.25) is 19.5 Å². The number of Topliss-reactive ketones (excluding diaryl/α,β-unsaturated/α-hetero) is 1. The quantitative estimate of drug-likeness (QED) is 0.673. The molecule has 1 amide bonds. The average molecular weight is 414 g/mol. The Bertz CT molecular complexity index is 1040. The second-order valence-electron chi connectivity index (χ2n) is 8.59. The smallest absolute Gasteiger partial charge is 0.294 e. The molecule has 0 unspecified atom stereocenters. The highest BCUT2D eigenvalue weighted by atomic mass is 19.4. The lowest BCUT2D eigenvalue weighted by atomic mass is 9.69. The van der Waals surface area contributed by atoms with Crippen LogP contribution < -0.4 is 4.90 Å². The van der Waals surface area contributed by atoms with Gasteiger partial charge in [-0.1, -0.05) is 32.0 Å². The first-order valence-corrected chi connectivity index (χ1v) is 9.74. The minimum atomic E-state index is -4.62. The molecule has 1 aliphatic carbocycles. The highest BCUT2D eigenvalue weighted by Crippen LogP contribution is 2.49. The number of aromatic nitrogens is 1. The molecule has 30 heavy (non-hydrogen) atoms. The summed E-state index contributed by atoms with van der Waals surface area (Å²) in [6, 6.07) is 8.55. The van der Waals surface area contributed by atoms with Crippen molar-refractivity contribution in [3.63, 3.8) is 0 Å². The first kappa shape index (κ1) is 20.3. The normalized spacial score (nSPS) is 21.6. The fourth-order valence-electron chi connectivity index (χ4n) is 4.47. The number of carbonyl (C=O) groups excluding carboxylic acids is 2. The number of alkyl halides is 3. The summed E-state index contributed by atoms with van der Waals surface area (Å²) in [5.41, 5.74) is -0.0519. The third-order valence-corrected chi connectivity index (χ3v) is 5.68. The molecular formula is C23H21F3N2O2. The molecule has 0 saturated heterocycles. The van der Waals surface area contributed by atoms with Gasteiger partial charge in [0.05, 0.1) is 11.3 Å². The van der Waals surface area contributed by atoms with Gasteiger partial charge in [-0.05, 0) is 35.6 Å². The topological polar surface area (TPSA) is 50.3 Å². The van der Waals surface area contributed by atoms with E-state index in [4.69, 9.17) is 0 Å². The monoisotopic (exact) mass is 414 g/mol. The van der Waals surface area contributed by atoms with Crippen LogP contribution in [0.4, 0.5) is 18.9 Å². The van der Waals surface area contributed by atoms with Crippen LogP contribution in [0.15, 0.2) is 60.1 Å². The van der Waals surface area contributed by atoms with E-state index in [0.29, 0.717) is 17.7 Å². The van der Waals surface area contributed by atoms with Crippen LogP contribution in [-0.2, 0) is 15.8 Å². The Morgan fingerprint density at radius 1 is 1.07 bits per heavy atom. The fourth-order valence-corrected chi connectivity index (χ4v) is 4.47. The lowest BCUT2D eigenvalue weighted by molar-refractivity contribution is -0.137. The van der Waals surface area contributed by atoms with E-state index < -0.39 is 29.0 Å². The number of allylic oxidation sites excluding steroid dienone is 2. The van der Waals surface area contributed by atoms with E-state index in [0.717, 1.165) is 16.5 Å². The zero-order valence-corrected chi connectivity index (χ0v) is 16.7. The Hall–Kier alpha value is -2.96. The number of para-hydroxylation sites is 1. The zero-order valence-electron chi connectivity index (χ0n) is 16.7. The van der Waals surface area contributed by atoms with Crippen molar-refractivity contribution in [2.75, 3.05) is 4.90 Å². The Morgan fingerprint density at radius 3 is 2.47 bits per heavy atom. The molecule has 0 bridgehead atoms. The largest absolute Gasteiger partial charge is 0.418 e. The predicted molar refractivity (Wildman–Crippen MR) is 106 cm³/mol. The van der Waals surface area contributed by atoms with Crippen LogP contribution in [0, 0.1) is 5.41 Å². The molecule has 0 fully saturated rings. The summed E-state index contributed by atoms with van der Waals surface area (Å²) in [7, 11) is 0. The van der Waals surface area contributed by atoms with Gasteiger partial charge in [0, 0.05) is 42.4 Å². The number of hydrogen-bond donors (Lipinski definition) is 0. The SMILES string of the molecule is CC1(C)CC(=O)C2=C(C1)N(c1ccccc1C(F)(F)F)C(=O)C[C@@H]2c1cccnc1. The number of ketones is 1. The number of hydrogen-bond acceptors (Lipinski definition) is 3. The Balaban J connectivity index is 1.95. The van der Waals surface area contributed by atoms with Gasteiger partial charge in [0.25, 0.3) is 0 Å². The molecule has 0 radical (unpaired) electrons. The Labute approximate surface area is 172 Å². The van der Waals surface area contributed by atoms with Gasteiger partial charge in [0.1, 0.15) is 0 Å². The highest BCUT2D eigenvalue weighted by Gasteiger charge is 2.46. The van der Waals surface area contributed by atoms with Crippen molar-refractivity contribution in [3.05, 3.63) is 71.2 Å². The molecule has 156 valence electrons. The van der Waals surface area contributed by atoms with Gasteiger partial charge in [-0.25, -0.2) is 0 Å². The molecule has 1 aliphatic heterocycles. The van der Waals surface area contributed by atoms with E-state index in [1.807, 2.05) is 13.8 Å². The number of carbonyl (C=O) groups is 2. The van der Waals surface area contributed by atoms with Crippen molar-refractivity contribution in [1.29, 1.82) is 0 Å². The predicted octanol–water partition coefficient (Wildman–Crippen LogP) is 5.26. The van der Waals surface area contributed by atoms with E-state index in [2.05, 4.69) is 4.98 Å². The maximum Gasteiger partial charge on any atom is 0.418 e. The number of anilines is 1. The van der Waals surface area contributed by atoms with Crippen molar-refractivity contribution in [2.45, 2.75) is 45.2 Å². The van der Waals surface area contributed by atoms with E-state index >= 15 is 0 Å². The van der Waals surface area contributed by atoms with Crippen LogP contribution in [0.25, 0.3) is 0 Å². The Kier molecular flexibility index (Phi) is 4.79. The van der Waals surface area contributed by atoms with Gasteiger partial charge >= 0.3 is 6.18 Å². The maximum atomic E-state index is 13.7. The minimum Gasteiger partial charge on any atom is -0.294 e. The molecule has 1 aromatic heterocycles. The van der Waals surface area contributed by atoms with Crippen LogP contribution in [-0.4, -0.2) is 16.7 Å². The molecule has 7 heteroatoms. The molecule has 2 heterocycles. The fraction of sp³-hybridized carbons (Fsp3) is 0.348. The van der Waals surface area contributed by atoms with Crippen LogP contribution in [0.2, 0.25) is 0 Å². The van der Waals surface area contributed by atoms with E-state index in [1.165, 1.54) is 18.2 Å². The molecule has 0 N–H and O–H groups in total. The molecule has 0 spiro atoms. The molecule has 0 saturated carbocycles. The summed E-state index contributed by atoms with van der Waals surface area (Å²) in [5, 5.41) is 0. The molecule has 2 aromatic rings. The standard InChI is InChI=1S/C23H21F3N2O2/c1-22(2)11-18-21(19(29)12-22)15(14-6-5-9-27-13-14)10-20(30)28(18)17-8-4-3-7-16(17)23(24,25)26/h3-9,13,15H,10-12H2,1-2H3/t15-/m1/s1. The summed E-state index contributed by atoms with van der Waals surface area (Å²) in [6.45, 7) is 3.78. The molecule has 4 rings (SSSR count). The van der Waals surface area contributed by atoms with Crippen molar-refractivity contribution in [1.82, 2.24) is 4.98 Å². The van der Waals surface area contributed by atoms with Gasteiger partial charge in [-0.15, -0.1) is 0 Å². The highest BCUT2D eigenvalue weighted by molar-refractivity contribution is 6.08. The van der Waals surface area contributed by atoms with Crippen LogP contribution in [0.1, 0.15) is 50.2 Å². The Morgan fingerprint density at radius 2 is 1.80 bits per heavy atom. The lowest BCUT2D eigenvalue weighted by Crippen LogP contribution is -2.44. The summed E-state index contributed by atoms with van der Waals surface area (Å²) >= 11 is 0. The maximum absolute atomic E-state index is 13.7. The average Bonchev–Trinajstić information content (AvgIpc) is 2.66. The van der Waals surface area contributed by atoms with Crippen LogP contribution in [0.5, 0.6) is 0 Å². The van der Waals surface area contributed by atoms with Gasteiger partial charge < -0.3 is 0 Å². The summed E-state index contributed by atoms with van der Waals surface area (Å²) in [4.78, 5) is 31.6. The third-order valence-electron chi connectivity index (χ3n) is 5.68. The number of benzene rings is 1. The summed E-state index contributed by atoms with van der Waals surface area (Å²) < 4.78 is 41.1. The van der Waals surface area contributed by atoms with Gasteiger partial charge in [0.15, 0.2) is 5.78 Å². The third kappa shape index (κ3) is 3.53. The van der Waals surface area contributed by atoms with Crippen molar-refractivity contribution < 1.29 is 22.8 Å². The number of pyridine rings is 1. The van der Waals surface area contributed by atoms with E-state index in [1.54, 1.807) is 24.5 Å². The molecule has 2 aliphatic rings. The minimum absolute atomic E-state index is 0.0805. The van der Waals surface area contributed by atoms with Crippen LogP contribution >= 0.6 is 0 Å². The van der Waals surface area contributed by atoms with E-state index in [-0.39, 0.29) is 24.3 Å². The molecule has 1 aromatic carbocycles. The van der Waals surface area contributed by atoms with E-state index in [9.17, 15) is 22.8 Å².